The van der Waals surface area contributed by atoms with Crippen molar-refractivity contribution in [2.75, 3.05) is 40.0 Å². The minimum Gasteiger partial charge on any atom is -0.452 e. The smallest absolute Gasteiger partial charge is 0.338 e. The molecule has 1 amide bonds. The third-order valence-corrected chi connectivity index (χ3v) is 5.22. The maximum Gasteiger partial charge on any atom is 0.338 e. The number of ether oxygens (including phenoxy) is 2. The van der Waals surface area contributed by atoms with Gasteiger partial charge in [-0.2, -0.15) is 4.31 Å². The van der Waals surface area contributed by atoms with Crippen molar-refractivity contribution in [3.8, 4) is 0 Å². The molecule has 1 aromatic carbocycles. The van der Waals surface area contributed by atoms with E-state index >= 15 is 0 Å². The minimum atomic E-state index is -3.60. The van der Waals surface area contributed by atoms with Gasteiger partial charge in [0.05, 0.1) is 23.7 Å². The zero-order valence-electron chi connectivity index (χ0n) is 12.6. The van der Waals surface area contributed by atoms with Gasteiger partial charge in [-0.1, -0.05) is 0 Å². The summed E-state index contributed by atoms with van der Waals surface area (Å²) >= 11 is 0. The van der Waals surface area contributed by atoms with Gasteiger partial charge in [-0.25, -0.2) is 13.2 Å². The summed E-state index contributed by atoms with van der Waals surface area (Å²) in [5.41, 5.74) is 0.176. The van der Waals surface area contributed by atoms with Crippen LogP contribution in [-0.4, -0.2) is 64.6 Å². The highest BCUT2D eigenvalue weighted by Crippen LogP contribution is 2.18. The molecule has 0 aliphatic carbocycles. The average molecular weight is 342 g/mol. The molecule has 0 spiro atoms. The van der Waals surface area contributed by atoms with Gasteiger partial charge in [0.1, 0.15) is 0 Å². The van der Waals surface area contributed by atoms with Gasteiger partial charge < -0.3 is 14.8 Å². The first-order valence-electron chi connectivity index (χ1n) is 7.01. The summed E-state index contributed by atoms with van der Waals surface area (Å²) < 4.78 is 36.1. The molecule has 0 radical (unpaired) electrons. The number of sulfonamides is 1. The van der Waals surface area contributed by atoms with Crippen LogP contribution in [-0.2, 0) is 24.3 Å². The van der Waals surface area contributed by atoms with Gasteiger partial charge in [-0.05, 0) is 24.3 Å². The molecule has 0 unspecified atom stereocenters. The van der Waals surface area contributed by atoms with Crippen LogP contribution in [0.4, 0.5) is 0 Å². The van der Waals surface area contributed by atoms with E-state index in [1.807, 2.05) is 0 Å². The van der Waals surface area contributed by atoms with Crippen molar-refractivity contribution < 1.29 is 27.5 Å². The summed E-state index contributed by atoms with van der Waals surface area (Å²) in [5, 5.41) is 2.33. The van der Waals surface area contributed by atoms with Crippen LogP contribution in [0.5, 0.6) is 0 Å². The molecule has 1 fully saturated rings. The van der Waals surface area contributed by atoms with Gasteiger partial charge in [0.25, 0.3) is 5.91 Å². The highest BCUT2D eigenvalue weighted by atomic mass is 32.2. The number of nitrogens with one attached hydrogen (secondary N) is 1. The van der Waals surface area contributed by atoms with Gasteiger partial charge in [0.2, 0.25) is 10.0 Å². The normalized spacial score (nSPS) is 15.9. The Morgan fingerprint density at radius 2 is 1.83 bits per heavy atom. The molecule has 9 heteroatoms. The van der Waals surface area contributed by atoms with Gasteiger partial charge >= 0.3 is 5.97 Å². The molecular formula is C14H18N2O6S. The van der Waals surface area contributed by atoms with Crippen LogP contribution in [0.15, 0.2) is 29.2 Å². The van der Waals surface area contributed by atoms with Crippen LogP contribution in [0.25, 0.3) is 0 Å². The number of likely N-dealkylation sites (N-methyl/N-ethyl adjacent to an activating group) is 1. The Morgan fingerprint density at radius 3 is 2.39 bits per heavy atom. The second kappa shape index (κ2) is 7.53. The Bertz CT molecular complexity index is 665. The molecule has 0 atom stereocenters. The Kier molecular flexibility index (Phi) is 5.69. The Labute approximate surface area is 134 Å². The largest absolute Gasteiger partial charge is 0.452 e. The maximum absolute atomic E-state index is 12.4. The van der Waals surface area contributed by atoms with Crippen molar-refractivity contribution in [2.45, 2.75) is 4.90 Å². The number of carbonyl (C=O) groups excluding carboxylic acids is 2. The number of morpholine rings is 1. The standard InChI is InChI=1S/C14H18N2O6S/c1-15-13(17)10-22-14(18)11-2-4-12(5-3-11)23(19,20)16-6-8-21-9-7-16/h2-5H,6-10H2,1H3,(H,15,17). The van der Waals surface area contributed by atoms with Crippen LogP contribution in [0.1, 0.15) is 10.4 Å². The van der Waals surface area contributed by atoms with Crippen molar-refractivity contribution >= 4 is 21.9 Å². The summed E-state index contributed by atoms with van der Waals surface area (Å²) in [6, 6.07) is 5.42. The van der Waals surface area contributed by atoms with E-state index in [0.717, 1.165) is 0 Å². The molecule has 1 aromatic rings. The first kappa shape index (κ1) is 17.4. The fourth-order valence-electron chi connectivity index (χ4n) is 1.99. The lowest BCUT2D eigenvalue weighted by molar-refractivity contribution is -0.123. The average Bonchev–Trinajstić information content (AvgIpc) is 2.60. The first-order chi connectivity index (χ1) is 10.9. The number of carbonyl (C=O) groups is 2. The number of benzene rings is 1. The van der Waals surface area contributed by atoms with Crippen LogP contribution in [0.2, 0.25) is 0 Å². The number of hydrogen-bond donors (Lipinski definition) is 1. The molecule has 2 rings (SSSR count). The van der Waals surface area contributed by atoms with Crippen LogP contribution < -0.4 is 5.32 Å². The Hall–Kier alpha value is -1.97. The third-order valence-electron chi connectivity index (χ3n) is 3.31. The van der Waals surface area contributed by atoms with Crippen molar-refractivity contribution in [2.24, 2.45) is 0 Å². The van der Waals surface area contributed by atoms with E-state index in [0.29, 0.717) is 26.3 Å². The monoisotopic (exact) mass is 342 g/mol. The third kappa shape index (κ3) is 4.27. The number of amides is 1. The molecule has 1 aliphatic heterocycles. The molecule has 126 valence electrons. The Balaban J connectivity index is 2.06. The van der Waals surface area contributed by atoms with E-state index in [1.54, 1.807) is 0 Å². The Morgan fingerprint density at radius 1 is 1.22 bits per heavy atom. The summed E-state index contributed by atoms with van der Waals surface area (Å²) in [6.07, 6.45) is 0. The zero-order valence-corrected chi connectivity index (χ0v) is 13.5. The molecular weight excluding hydrogens is 324 g/mol. The van der Waals surface area contributed by atoms with E-state index in [2.05, 4.69) is 5.32 Å². The molecule has 0 saturated carbocycles. The van der Waals surface area contributed by atoms with Crippen LogP contribution in [0, 0.1) is 0 Å². The quantitative estimate of drug-likeness (QED) is 0.731. The van der Waals surface area contributed by atoms with Crippen LogP contribution in [0.3, 0.4) is 0 Å². The van der Waals surface area contributed by atoms with E-state index in [4.69, 9.17) is 9.47 Å². The number of rotatable bonds is 5. The molecule has 1 heterocycles. The van der Waals surface area contributed by atoms with Gasteiger partial charge in [-0.15, -0.1) is 0 Å². The molecule has 1 N–H and O–H groups in total. The highest BCUT2D eigenvalue weighted by molar-refractivity contribution is 7.89. The number of hydrogen-bond acceptors (Lipinski definition) is 6. The number of esters is 1. The van der Waals surface area contributed by atoms with Crippen LogP contribution >= 0.6 is 0 Å². The predicted octanol–water partition coefficient (Wildman–Crippen LogP) is -0.390. The maximum atomic E-state index is 12.4. The lowest BCUT2D eigenvalue weighted by atomic mass is 10.2. The molecule has 1 aliphatic rings. The van der Waals surface area contributed by atoms with Gasteiger partial charge in [-0.3, -0.25) is 4.79 Å². The number of nitrogens with zero attached hydrogens (tertiary/aromatic N) is 1. The van der Waals surface area contributed by atoms with E-state index in [9.17, 15) is 18.0 Å². The summed E-state index contributed by atoms with van der Waals surface area (Å²) in [5.74, 6) is -1.12. The molecule has 0 aromatic heterocycles. The van der Waals surface area contributed by atoms with Gasteiger partial charge in [0, 0.05) is 20.1 Å². The van der Waals surface area contributed by atoms with E-state index in [1.165, 1.54) is 35.6 Å². The summed E-state index contributed by atoms with van der Waals surface area (Å²) in [6.45, 7) is 0.950. The van der Waals surface area contributed by atoms with Crippen molar-refractivity contribution in [1.82, 2.24) is 9.62 Å². The first-order valence-corrected chi connectivity index (χ1v) is 8.45. The molecule has 1 saturated heterocycles. The molecule has 0 bridgehead atoms. The van der Waals surface area contributed by atoms with Gasteiger partial charge in [0.15, 0.2) is 6.61 Å². The fraction of sp³-hybridized carbons (Fsp3) is 0.429. The second-order valence-corrected chi connectivity index (χ2v) is 6.73. The fourth-order valence-corrected chi connectivity index (χ4v) is 3.39. The topological polar surface area (TPSA) is 102 Å². The van der Waals surface area contributed by atoms with E-state index < -0.39 is 21.9 Å². The molecule has 23 heavy (non-hydrogen) atoms. The lowest BCUT2D eigenvalue weighted by Crippen LogP contribution is -2.40. The molecule has 8 nitrogen and oxygen atoms in total. The summed E-state index contributed by atoms with van der Waals surface area (Å²) in [7, 11) is -2.17. The highest BCUT2D eigenvalue weighted by Gasteiger charge is 2.26. The van der Waals surface area contributed by atoms with Crippen molar-refractivity contribution in [3.05, 3.63) is 29.8 Å². The summed E-state index contributed by atoms with van der Waals surface area (Å²) in [4.78, 5) is 22.9. The second-order valence-electron chi connectivity index (χ2n) is 4.79. The van der Waals surface area contributed by atoms with Crippen molar-refractivity contribution in [3.63, 3.8) is 0 Å². The van der Waals surface area contributed by atoms with E-state index in [-0.39, 0.29) is 17.1 Å². The van der Waals surface area contributed by atoms with Crippen molar-refractivity contribution in [1.29, 1.82) is 0 Å². The lowest BCUT2D eigenvalue weighted by Gasteiger charge is -2.26. The zero-order chi connectivity index (χ0) is 16.9. The SMILES string of the molecule is CNC(=O)COC(=O)c1ccc(S(=O)(=O)N2CCOCC2)cc1. The predicted molar refractivity (Wildman–Crippen MR) is 80.4 cm³/mol. The minimum absolute atomic E-state index is 0.0993.